The highest BCUT2D eigenvalue weighted by Crippen LogP contribution is 2.08. The normalized spacial score (nSPS) is 13.4. The lowest BCUT2D eigenvalue weighted by molar-refractivity contribution is -0.112. The van der Waals surface area contributed by atoms with E-state index in [0.29, 0.717) is 5.56 Å². The molecule has 0 aliphatic heterocycles. The Labute approximate surface area is 100 Å². The molecule has 0 radical (unpaired) electrons. The van der Waals surface area contributed by atoms with Gasteiger partial charge >= 0.3 is 0 Å². The van der Waals surface area contributed by atoms with E-state index in [4.69, 9.17) is 5.73 Å². The number of carbonyl (C=O) groups is 1. The zero-order valence-corrected chi connectivity index (χ0v) is 10.2. The molecule has 0 aliphatic rings. The highest BCUT2D eigenvalue weighted by molar-refractivity contribution is 8.05. The lowest BCUT2D eigenvalue weighted by atomic mass is 10.2. The first-order valence-corrected chi connectivity index (χ1v) is 6.93. The highest BCUT2D eigenvalue weighted by atomic mass is 32.2. The first-order chi connectivity index (χ1) is 7.47. The monoisotopic (exact) mass is 259 g/mol. The van der Waals surface area contributed by atoms with Gasteiger partial charge in [-0.2, -0.15) is 12.6 Å². The molecule has 0 bridgehead atoms. The van der Waals surface area contributed by atoms with Crippen molar-refractivity contribution in [1.29, 1.82) is 0 Å². The molecule has 4 nitrogen and oxygen atoms in total. The van der Waals surface area contributed by atoms with Gasteiger partial charge in [0.05, 0.1) is 11.8 Å². The first kappa shape index (κ1) is 13.2. The Morgan fingerprint density at radius 3 is 2.38 bits per heavy atom. The predicted molar refractivity (Wildman–Crippen MR) is 65.9 cm³/mol. The third-order valence-electron chi connectivity index (χ3n) is 2.01. The third-order valence-corrected chi connectivity index (χ3v) is 4.03. The molecule has 0 spiro atoms. The summed E-state index contributed by atoms with van der Waals surface area (Å²) in [5.74, 6) is -0.291. The van der Waals surface area contributed by atoms with Crippen LogP contribution in [0.1, 0.15) is 5.56 Å². The van der Waals surface area contributed by atoms with Crippen LogP contribution in [0.4, 0.5) is 0 Å². The van der Waals surface area contributed by atoms with Crippen LogP contribution in [0.2, 0.25) is 0 Å². The molecule has 0 unspecified atom stereocenters. The zero-order valence-electron chi connectivity index (χ0n) is 8.54. The Hall–Kier alpha value is -0.850. The van der Waals surface area contributed by atoms with Crippen molar-refractivity contribution >= 4 is 27.6 Å². The number of carbonyl (C=O) groups excluding carboxylic acids is 1. The quantitative estimate of drug-likeness (QED) is 0.767. The highest BCUT2D eigenvalue weighted by Gasteiger charge is 2.27. The second kappa shape index (κ2) is 5.47. The van der Waals surface area contributed by atoms with Crippen LogP contribution >= 0.6 is 12.6 Å². The van der Waals surface area contributed by atoms with Crippen LogP contribution in [0.25, 0.3) is 0 Å². The number of thiol groups is 1. The van der Waals surface area contributed by atoms with Gasteiger partial charge in [-0.15, -0.1) is 0 Å². The first-order valence-electron chi connectivity index (χ1n) is 4.64. The summed E-state index contributed by atoms with van der Waals surface area (Å²) in [5.41, 5.74) is 5.92. The van der Waals surface area contributed by atoms with Gasteiger partial charge in [-0.05, 0) is 5.56 Å². The topological polar surface area (TPSA) is 77.2 Å². The smallest absolute Gasteiger partial charge is 0.264 e. The number of benzene rings is 1. The molecule has 1 aromatic rings. The standard InChI is InChI=1S/C10H13NO3S2/c11-9(6-15)10(12)16(13,14)7-8-4-2-1-3-5-8/h1-5,9,15H,6-7,11H2/t9-/m0/s1. The second-order valence-electron chi connectivity index (χ2n) is 3.35. The predicted octanol–water partition coefficient (Wildman–Crippen LogP) is 0.385. The average molecular weight is 259 g/mol. The van der Waals surface area contributed by atoms with Crippen molar-refractivity contribution in [3.63, 3.8) is 0 Å². The number of rotatable bonds is 4. The molecule has 0 aliphatic carbocycles. The van der Waals surface area contributed by atoms with Gasteiger partial charge < -0.3 is 5.73 Å². The molecule has 88 valence electrons. The van der Waals surface area contributed by atoms with Gasteiger partial charge in [0.1, 0.15) is 0 Å². The Bertz CT molecular complexity index is 456. The van der Waals surface area contributed by atoms with Crippen LogP contribution < -0.4 is 5.73 Å². The van der Waals surface area contributed by atoms with Crippen LogP contribution in [0.3, 0.4) is 0 Å². The fraction of sp³-hybridized carbons (Fsp3) is 0.300. The molecule has 1 atom stereocenters. The average Bonchev–Trinajstić information content (AvgIpc) is 2.27. The molecule has 0 saturated heterocycles. The molecule has 0 heterocycles. The van der Waals surface area contributed by atoms with E-state index in [1.165, 1.54) is 0 Å². The molecule has 0 fully saturated rings. The van der Waals surface area contributed by atoms with Gasteiger partial charge in [0, 0.05) is 5.75 Å². The summed E-state index contributed by atoms with van der Waals surface area (Å²) in [5, 5.41) is -0.952. The van der Waals surface area contributed by atoms with Crippen molar-refractivity contribution < 1.29 is 13.2 Å². The number of hydrogen-bond donors (Lipinski definition) is 2. The van der Waals surface area contributed by atoms with Gasteiger partial charge in [0.15, 0.2) is 0 Å². The molecule has 0 saturated carbocycles. The van der Waals surface area contributed by atoms with E-state index in [-0.39, 0.29) is 11.5 Å². The lowest BCUT2D eigenvalue weighted by Crippen LogP contribution is -2.38. The van der Waals surface area contributed by atoms with Crippen LogP contribution in [-0.2, 0) is 20.4 Å². The zero-order chi connectivity index (χ0) is 12.2. The molecule has 6 heteroatoms. The Morgan fingerprint density at radius 2 is 1.88 bits per heavy atom. The van der Waals surface area contributed by atoms with Crippen LogP contribution in [0, 0.1) is 0 Å². The fourth-order valence-electron chi connectivity index (χ4n) is 1.17. The van der Waals surface area contributed by atoms with Gasteiger partial charge in [0.25, 0.3) is 5.12 Å². The molecule has 1 aromatic carbocycles. The van der Waals surface area contributed by atoms with E-state index in [1.807, 2.05) is 0 Å². The SMILES string of the molecule is N[C@@H](CS)C(=O)S(=O)(=O)Cc1ccccc1. The van der Waals surface area contributed by atoms with Crippen LogP contribution in [-0.4, -0.2) is 25.3 Å². The van der Waals surface area contributed by atoms with Crippen LogP contribution in [0.15, 0.2) is 30.3 Å². The Balaban J connectivity index is 2.85. The Kier molecular flexibility index (Phi) is 4.52. The van der Waals surface area contributed by atoms with E-state index >= 15 is 0 Å². The number of nitrogens with two attached hydrogens (primary N) is 1. The maximum Gasteiger partial charge on any atom is 0.264 e. The summed E-state index contributed by atoms with van der Waals surface area (Å²) < 4.78 is 23.3. The molecular weight excluding hydrogens is 246 g/mol. The molecule has 2 N–H and O–H groups in total. The third kappa shape index (κ3) is 3.33. The largest absolute Gasteiger partial charge is 0.320 e. The summed E-state index contributed by atoms with van der Waals surface area (Å²) >= 11 is 3.80. The molecule has 1 rings (SSSR count). The van der Waals surface area contributed by atoms with Crippen molar-refractivity contribution in [1.82, 2.24) is 0 Å². The van der Waals surface area contributed by atoms with Gasteiger partial charge in [-0.3, -0.25) is 4.79 Å². The maximum atomic E-state index is 11.6. The van der Waals surface area contributed by atoms with Gasteiger partial charge in [-0.25, -0.2) is 8.42 Å². The second-order valence-corrected chi connectivity index (χ2v) is 5.64. The van der Waals surface area contributed by atoms with Crippen molar-refractivity contribution in [2.45, 2.75) is 11.8 Å². The maximum absolute atomic E-state index is 11.6. The van der Waals surface area contributed by atoms with Crippen molar-refractivity contribution in [2.75, 3.05) is 5.75 Å². The minimum Gasteiger partial charge on any atom is -0.320 e. The minimum absolute atomic E-state index is 0.0207. The van der Waals surface area contributed by atoms with E-state index < -0.39 is 21.0 Å². The molecule has 16 heavy (non-hydrogen) atoms. The van der Waals surface area contributed by atoms with E-state index in [1.54, 1.807) is 30.3 Å². The van der Waals surface area contributed by atoms with E-state index in [9.17, 15) is 13.2 Å². The molecular formula is C10H13NO3S2. The molecule has 0 aromatic heterocycles. The number of hydrogen-bond acceptors (Lipinski definition) is 5. The minimum atomic E-state index is -3.84. The fourth-order valence-corrected chi connectivity index (χ4v) is 2.78. The van der Waals surface area contributed by atoms with Crippen molar-refractivity contribution in [2.24, 2.45) is 5.73 Å². The van der Waals surface area contributed by atoms with Crippen LogP contribution in [0.5, 0.6) is 0 Å². The van der Waals surface area contributed by atoms with E-state index in [2.05, 4.69) is 12.6 Å². The lowest BCUT2D eigenvalue weighted by Gasteiger charge is -2.07. The summed E-state index contributed by atoms with van der Waals surface area (Å²) in [6.07, 6.45) is 0. The molecule has 0 amide bonds. The van der Waals surface area contributed by atoms with Crippen molar-refractivity contribution in [3.8, 4) is 0 Å². The van der Waals surface area contributed by atoms with E-state index in [0.717, 1.165) is 0 Å². The van der Waals surface area contributed by atoms with Gasteiger partial charge in [-0.1, -0.05) is 30.3 Å². The summed E-state index contributed by atoms with van der Waals surface area (Å²) in [6.45, 7) is 0. The Morgan fingerprint density at radius 1 is 1.31 bits per heavy atom. The summed E-state index contributed by atoms with van der Waals surface area (Å²) in [6, 6.07) is 7.45. The van der Waals surface area contributed by atoms with Gasteiger partial charge in [0.2, 0.25) is 9.84 Å². The summed E-state index contributed by atoms with van der Waals surface area (Å²) in [4.78, 5) is 11.4. The summed E-state index contributed by atoms with van der Waals surface area (Å²) in [7, 11) is -3.84. The number of sulfone groups is 1. The van der Waals surface area contributed by atoms with Crippen molar-refractivity contribution in [3.05, 3.63) is 35.9 Å².